The van der Waals surface area contributed by atoms with Gasteiger partial charge >= 0.3 is 0 Å². The Hall–Kier alpha value is -3.32. The molecule has 126 valence electrons. The number of fused-ring (bicyclic) bond motifs is 9. The summed E-state index contributed by atoms with van der Waals surface area (Å²) in [6.07, 6.45) is 2.07. The minimum atomic E-state index is 1.01. The number of benzene rings is 4. The van der Waals surface area contributed by atoms with Crippen LogP contribution >= 0.6 is 0 Å². The SMILES string of the molecule is c1ccc2c(c1)Cc1ccc3c(c1-2)Cc1cccc2c4ccccc4n-3c12. The first-order valence-corrected chi connectivity index (χ1v) is 9.64. The zero-order chi connectivity index (χ0) is 17.5. The Labute approximate surface area is 157 Å². The number of nitrogens with zero attached hydrogens (tertiary/aromatic N) is 1. The van der Waals surface area contributed by atoms with Gasteiger partial charge in [-0.2, -0.15) is 0 Å². The summed E-state index contributed by atoms with van der Waals surface area (Å²) in [5, 5.41) is 2.72. The van der Waals surface area contributed by atoms with Crippen molar-refractivity contribution >= 4 is 21.8 Å². The highest BCUT2D eigenvalue weighted by Crippen LogP contribution is 2.46. The Balaban J connectivity index is 1.67. The van der Waals surface area contributed by atoms with Crippen LogP contribution in [0.15, 0.2) is 78.9 Å². The average molecular weight is 343 g/mol. The predicted molar refractivity (Wildman–Crippen MR) is 112 cm³/mol. The van der Waals surface area contributed by atoms with Crippen molar-refractivity contribution in [3.05, 3.63) is 101 Å². The summed E-state index contributed by atoms with van der Waals surface area (Å²) in [6.45, 7) is 0. The third-order valence-electron chi connectivity index (χ3n) is 6.43. The molecule has 7 rings (SSSR count). The Bertz CT molecular complexity index is 1420. The van der Waals surface area contributed by atoms with E-state index in [0.717, 1.165) is 12.8 Å². The summed E-state index contributed by atoms with van der Waals surface area (Å²) in [5.41, 5.74) is 12.8. The van der Waals surface area contributed by atoms with E-state index in [1.807, 2.05) is 0 Å². The van der Waals surface area contributed by atoms with Crippen molar-refractivity contribution < 1.29 is 0 Å². The first-order valence-electron chi connectivity index (χ1n) is 9.64. The molecule has 0 fully saturated rings. The normalized spacial score (nSPS) is 13.6. The average Bonchev–Trinajstić information content (AvgIpc) is 3.26. The zero-order valence-electron chi connectivity index (χ0n) is 14.9. The molecule has 0 radical (unpaired) electrons. The smallest absolute Gasteiger partial charge is 0.0576 e. The van der Waals surface area contributed by atoms with Gasteiger partial charge in [-0.1, -0.05) is 66.7 Å². The Morgan fingerprint density at radius 3 is 2.41 bits per heavy atom. The Morgan fingerprint density at radius 2 is 1.41 bits per heavy atom. The molecule has 0 spiro atoms. The number of aromatic nitrogens is 1. The lowest BCUT2D eigenvalue weighted by Crippen LogP contribution is -2.09. The molecule has 2 heterocycles. The number of hydrogen-bond acceptors (Lipinski definition) is 0. The predicted octanol–water partition coefficient (Wildman–Crippen LogP) is 6.26. The second-order valence-corrected chi connectivity index (χ2v) is 7.77. The molecule has 0 atom stereocenters. The molecule has 1 nitrogen and oxygen atoms in total. The molecule has 2 aliphatic rings. The van der Waals surface area contributed by atoms with Gasteiger partial charge in [-0.05, 0) is 51.9 Å². The van der Waals surface area contributed by atoms with Crippen LogP contribution < -0.4 is 0 Å². The topological polar surface area (TPSA) is 4.93 Å². The van der Waals surface area contributed by atoms with Gasteiger partial charge in [0.25, 0.3) is 0 Å². The second-order valence-electron chi connectivity index (χ2n) is 7.77. The molecule has 27 heavy (non-hydrogen) atoms. The summed E-state index contributed by atoms with van der Waals surface area (Å²) in [4.78, 5) is 0. The third-order valence-corrected chi connectivity index (χ3v) is 6.43. The summed E-state index contributed by atoms with van der Waals surface area (Å²) in [6, 6.07) is 29.2. The van der Waals surface area contributed by atoms with Gasteiger partial charge in [0, 0.05) is 17.2 Å². The van der Waals surface area contributed by atoms with Crippen LogP contribution in [-0.4, -0.2) is 4.57 Å². The van der Waals surface area contributed by atoms with Crippen LogP contribution in [0.4, 0.5) is 0 Å². The van der Waals surface area contributed by atoms with Crippen molar-refractivity contribution in [3.8, 4) is 16.8 Å². The van der Waals surface area contributed by atoms with E-state index < -0.39 is 0 Å². The summed E-state index contributed by atoms with van der Waals surface area (Å²) in [5.74, 6) is 0. The maximum atomic E-state index is 2.50. The number of para-hydroxylation sites is 2. The van der Waals surface area contributed by atoms with Crippen LogP contribution in [0.1, 0.15) is 22.3 Å². The first-order chi connectivity index (χ1) is 13.4. The van der Waals surface area contributed by atoms with E-state index in [0.29, 0.717) is 0 Å². The molecule has 5 aromatic rings. The fraction of sp³-hybridized carbons (Fsp3) is 0.0769. The fourth-order valence-corrected chi connectivity index (χ4v) is 5.35. The quantitative estimate of drug-likeness (QED) is 0.306. The van der Waals surface area contributed by atoms with Gasteiger partial charge in [0.05, 0.1) is 16.7 Å². The summed E-state index contributed by atoms with van der Waals surface area (Å²) in [7, 11) is 0. The van der Waals surface area contributed by atoms with Crippen LogP contribution in [0.25, 0.3) is 38.6 Å². The van der Waals surface area contributed by atoms with Crippen molar-refractivity contribution in [2.24, 2.45) is 0 Å². The maximum Gasteiger partial charge on any atom is 0.0576 e. The largest absolute Gasteiger partial charge is 0.309 e. The molecule has 0 saturated carbocycles. The first kappa shape index (κ1) is 13.8. The third kappa shape index (κ3) is 1.61. The molecule has 0 amide bonds. The molecule has 0 unspecified atom stereocenters. The lowest BCUT2D eigenvalue weighted by atomic mass is 9.90. The van der Waals surface area contributed by atoms with Crippen molar-refractivity contribution in [2.45, 2.75) is 12.8 Å². The lowest BCUT2D eigenvalue weighted by Gasteiger charge is -2.23. The van der Waals surface area contributed by atoms with Crippen LogP contribution in [0.2, 0.25) is 0 Å². The highest BCUT2D eigenvalue weighted by Gasteiger charge is 2.28. The van der Waals surface area contributed by atoms with E-state index in [1.54, 1.807) is 0 Å². The van der Waals surface area contributed by atoms with Crippen molar-refractivity contribution in [1.29, 1.82) is 0 Å². The molecule has 0 saturated heterocycles. The van der Waals surface area contributed by atoms with E-state index in [1.165, 1.54) is 60.9 Å². The molecule has 0 bridgehead atoms. The van der Waals surface area contributed by atoms with Gasteiger partial charge in [-0.15, -0.1) is 0 Å². The Morgan fingerprint density at radius 1 is 0.593 bits per heavy atom. The molecule has 0 N–H and O–H groups in total. The van der Waals surface area contributed by atoms with E-state index in [-0.39, 0.29) is 0 Å². The highest BCUT2D eigenvalue weighted by atomic mass is 15.0. The van der Waals surface area contributed by atoms with Crippen LogP contribution in [-0.2, 0) is 12.8 Å². The van der Waals surface area contributed by atoms with Gasteiger partial charge < -0.3 is 4.57 Å². The van der Waals surface area contributed by atoms with E-state index in [9.17, 15) is 0 Å². The van der Waals surface area contributed by atoms with E-state index >= 15 is 0 Å². The molecule has 1 aliphatic carbocycles. The van der Waals surface area contributed by atoms with Crippen LogP contribution in [0.3, 0.4) is 0 Å². The zero-order valence-corrected chi connectivity index (χ0v) is 14.9. The highest BCUT2D eigenvalue weighted by molar-refractivity contribution is 6.11. The molecular formula is C26H17N. The van der Waals surface area contributed by atoms with Crippen LogP contribution in [0, 0.1) is 0 Å². The van der Waals surface area contributed by atoms with Gasteiger partial charge in [-0.3, -0.25) is 0 Å². The minimum Gasteiger partial charge on any atom is -0.309 e. The van der Waals surface area contributed by atoms with Crippen molar-refractivity contribution in [2.75, 3.05) is 0 Å². The standard InChI is InChI=1S/C26H17N/c1-2-8-19-16(6-1)14-17-12-13-24-22(25(17)19)15-18-7-5-10-21-20-9-3-4-11-23(20)27(24)26(18)21/h1-13H,14-15H2. The van der Waals surface area contributed by atoms with Crippen molar-refractivity contribution in [3.63, 3.8) is 0 Å². The Kier molecular flexibility index (Phi) is 2.40. The van der Waals surface area contributed by atoms with Gasteiger partial charge in [0.2, 0.25) is 0 Å². The lowest BCUT2D eigenvalue weighted by molar-refractivity contribution is 1.04. The molecule has 1 heteroatoms. The van der Waals surface area contributed by atoms with E-state index in [4.69, 9.17) is 0 Å². The summed E-state index contributed by atoms with van der Waals surface area (Å²) >= 11 is 0. The minimum absolute atomic E-state index is 1.01. The summed E-state index contributed by atoms with van der Waals surface area (Å²) < 4.78 is 2.50. The molecule has 4 aromatic carbocycles. The van der Waals surface area contributed by atoms with E-state index in [2.05, 4.69) is 83.4 Å². The fourth-order valence-electron chi connectivity index (χ4n) is 5.35. The number of rotatable bonds is 0. The second kappa shape index (κ2) is 4.69. The van der Waals surface area contributed by atoms with Gasteiger partial charge in [0.15, 0.2) is 0 Å². The molecule has 1 aromatic heterocycles. The van der Waals surface area contributed by atoms with Crippen molar-refractivity contribution in [1.82, 2.24) is 4.57 Å². The number of hydrogen-bond donors (Lipinski definition) is 0. The maximum absolute atomic E-state index is 2.50. The van der Waals surface area contributed by atoms with Gasteiger partial charge in [-0.25, -0.2) is 0 Å². The van der Waals surface area contributed by atoms with Crippen LogP contribution in [0.5, 0.6) is 0 Å². The molecular weight excluding hydrogens is 326 g/mol. The monoisotopic (exact) mass is 343 g/mol. The molecule has 1 aliphatic heterocycles. The van der Waals surface area contributed by atoms with Gasteiger partial charge in [0.1, 0.15) is 0 Å².